The number of amides is 1. The van der Waals surface area contributed by atoms with Gasteiger partial charge in [0, 0.05) is 31.4 Å². The number of nitrogens with one attached hydrogen (secondary N) is 1. The summed E-state index contributed by atoms with van der Waals surface area (Å²) in [5, 5.41) is 9.56. The number of rotatable bonds is 7. The number of nitriles is 1. The molecule has 0 saturated carbocycles. The number of aromatic nitrogens is 2. The zero-order chi connectivity index (χ0) is 24.0. The van der Waals surface area contributed by atoms with Crippen LogP contribution in [0, 0.1) is 24.2 Å². The zero-order valence-electron chi connectivity index (χ0n) is 18.4. The summed E-state index contributed by atoms with van der Waals surface area (Å²) < 4.78 is 31.9. The highest BCUT2D eigenvalue weighted by atomic mass is 32.2. The van der Waals surface area contributed by atoms with Crippen LogP contribution in [0.4, 0.5) is 5.82 Å². The Kier molecular flexibility index (Phi) is 7.60. The molecule has 174 valence electrons. The molecule has 0 spiro atoms. The van der Waals surface area contributed by atoms with E-state index >= 15 is 0 Å². The number of nitrogens with zero attached hydrogens (tertiary/aromatic N) is 4. The molecule has 0 aliphatic carbocycles. The van der Waals surface area contributed by atoms with Crippen LogP contribution in [0.5, 0.6) is 0 Å². The van der Waals surface area contributed by atoms with Crippen LogP contribution in [0.25, 0.3) is 0 Å². The van der Waals surface area contributed by atoms with Gasteiger partial charge in [-0.05, 0) is 50.5 Å². The predicted molar refractivity (Wildman–Crippen MR) is 120 cm³/mol. The van der Waals surface area contributed by atoms with E-state index in [9.17, 15) is 23.3 Å². The molecule has 0 aromatic carbocycles. The molecule has 3 heterocycles. The topological polar surface area (TPSA) is 142 Å². The Hall–Kier alpha value is -3.52. The third-order valence-electron chi connectivity index (χ3n) is 5.34. The van der Waals surface area contributed by atoms with Gasteiger partial charge in [-0.25, -0.2) is 18.2 Å². The molecule has 1 aliphatic rings. The van der Waals surface area contributed by atoms with E-state index in [1.54, 1.807) is 26.0 Å². The van der Waals surface area contributed by atoms with Crippen molar-refractivity contribution in [1.82, 2.24) is 14.7 Å². The maximum atomic E-state index is 12.6. The van der Waals surface area contributed by atoms with Crippen molar-refractivity contribution in [3.63, 3.8) is 0 Å². The number of hydrogen-bond acceptors (Lipinski definition) is 9. The summed E-state index contributed by atoms with van der Waals surface area (Å²) in [6, 6.07) is 6.70. The molecule has 33 heavy (non-hydrogen) atoms. The van der Waals surface area contributed by atoms with Gasteiger partial charge in [0.15, 0.2) is 0 Å². The lowest BCUT2D eigenvalue weighted by atomic mass is 9.96. The van der Waals surface area contributed by atoms with E-state index in [1.165, 1.54) is 18.5 Å². The lowest BCUT2D eigenvalue weighted by Gasteiger charge is -2.32. The minimum atomic E-state index is -3.82. The molecule has 1 N–H and O–H groups in total. The van der Waals surface area contributed by atoms with Crippen molar-refractivity contribution in [3.8, 4) is 6.07 Å². The maximum Gasteiger partial charge on any atom is 0.340 e. The first-order valence-electron chi connectivity index (χ1n) is 10.5. The van der Waals surface area contributed by atoms with Gasteiger partial charge >= 0.3 is 5.97 Å². The Bertz CT molecular complexity index is 1170. The number of hydrogen-bond donors (Lipinski definition) is 1. The van der Waals surface area contributed by atoms with Gasteiger partial charge in [0.25, 0.3) is 0 Å². The molecule has 0 unspecified atom stereocenters. The number of sulfonamides is 1. The molecule has 0 atom stereocenters. The Labute approximate surface area is 192 Å². The Morgan fingerprint density at radius 1 is 1.27 bits per heavy atom. The molecule has 10 nitrogen and oxygen atoms in total. The van der Waals surface area contributed by atoms with E-state index < -0.39 is 27.8 Å². The first-order chi connectivity index (χ1) is 15.7. The summed E-state index contributed by atoms with van der Waals surface area (Å²) in [6.07, 6.45) is 3.80. The predicted octanol–water partition coefficient (Wildman–Crippen LogP) is 1.70. The number of esters is 1. The fourth-order valence-corrected chi connectivity index (χ4v) is 4.83. The number of pyridine rings is 2. The van der Waals surface area contributed by atoms with Crippen molar-refractivity contribution < 1.29 is 22.7 Å². The minimum Gasteiger partial charge on any atom is -0.462 e. The first kappa shape index (κ1) is 24.1. The van der Waals surface area contributed by atoms with E-state index in [1.807, 2.05) is 4.90 Å². The van der Waals surface area contributed by atoms with Crippen LogP contribution in [-0.2, 0) is 25.3 Å². The average Bonchev–Trinajstić information content (AvgIpc) is 2.79. The molecule has 11 heteroatoms. The summed E-state index contributed by atoms with van der Waals surface area (Å²) in [6.45, 7) is 4.43. The van der Waals surface area contributed by atoms with Gasteiger partial charge in [-0.3, -0.25) is 14.5 Å². The number of ether oxygens (including phenoxy) is 1. The second kappa shape index (κ2) is 10.4. The van der Waals surface area contributed by atoms with Crippen LogP contribution in [0.15, 0.2) is 30.6 Å². The molecule has 0 bridgehead atoms. The number of carbonyl (C=O) groups excluding carboxylic acids is 2. The number of aryl methyl sites for hydroxylation is 1. The van der Waals surface area contributed by atoms with Gasteiger partial charge in [0.05, 0.1) is 29.2 Å². The molecule has 1 fully saturated rings. The molecule has 0 radical (unpaired) electrons. The Morgan fingerprint density at radius 3 is 2.55 bits per heavy atom. The lowest BCUT2D eigenvalue weighted by Crippen LogP contribution is -2.43. The standard InChI is InChI=1S/C22H25N5O5S/c1-3-32-22(29)19-12-18(13-23)20(25-15(19)2)27-10-6-17(7-11-27)21(28)26-33(30,31)14-16-4-8-24-9-5-16/h4-5,8-9,12,17H,3,6-7,10-11,14H2,1-2H3,(H,26,28). The second-order valence-corrected chi connectivity index (χ2v) is 9.39. The van der Waals surface area contributed by atoms with Gasteiger partial charge in [-0.15, -0.1) is 0 Å². The van der Waals surface area contributed by atoms with Gasteiger partial charge in [-0.2, -0.15) is 5.26 Å². The number of piperidine rings is 1. The second-order valence-electron chi connectivity index (χ2n) is 7.67. The largest absolute Gasteiger partial charge is 0.462 e. The van der Waals surface area contributed by atoms with Gasteiger partial charge in [0.2, 0.25) is 15.9 Å². The lowest BCUT2D eigenvalue weighted by molar-refractivity contribution is -0.123. The summed E-state index contributed by atoms with van der Waals surface area (Å²) in [5.41, 5.74) is 1.47. The summed E-state index contributed by atoms with van der Waals surface area (Å²) in [5.74, 6) is -1.41. The summed E-state index contributed by atoms with van der Waals surface area (Å²) in [7, 11) is -3.82. The molecule has 3 rings (SSSR count). The van der Waals surface area contributed by atoms with Crippen molar-refractivity contribution in [2.24, 2.45) is 5.92 Å². The average molecular weight is 472 g/mol. The highest BCUT2D eigenvalue weighted by Gasteiger charge is 2.30. The summed E-state index contributed by atoms with van der Waals surface area (Å²) >= 11 is 0. The summed E-state index contributed by atoms with van der Waals surface area (Å²) in [4.78, 5) is 34.8. The fraction of sp³-hybridized carbons (Fsp3) is 0.409. The minimum absolute atomic E-state index is 0.218. The van der Waals surface area contributed by atoms with Crippen LogP contribution in [0.2, 0.25) is 0 Å². The highest BCUT2D eigenvalue weighted by Crippen LogP contribution is 2.27. The molecule has 1 amide bonds. The molecule has 1 saturated heterocycles. The fourth-order valence-electron chi connectivity index (χ4n) is 3.66. The van der Waals surface area contributed by atoms with Crippen LogP contribution in [0.1, 0.15) is 46.9 Å². The molecular formula is C22H25N5O5S. The van der Waals surface area contributed by atoms with Gasteiger partial charge in [0.1, 0.15) is 11.9 Å². The van der Waals surface area contributed by atoms with Crippen molar-refractivity contribution in [2.75, 3.05) is 24.6 Å². The van der Waals surface area contributed by atoms with Crippen molar-refractivity contribution in [3.05, 3.63) is 53.0 Å². The monoisotopic (exact) mass is 471 g/mol. The SMILES string of the molecule is CCOC(=O)c1cc(C#N)c(N2CCC(C(=O)NS(=O)(=O)Cc3ccncc3)CC2)nc1C. The van der Waals surface area contributed by atoms with Crippen molar-refractivity contribution in [1.29, 1.82) is 5.26 Å². The van der Waals surface area contributed by atoms with Crippen molar-refractivity contribution in [2.45, 2.75) is 32.4 Å². The van der Waals surface area contributed by atoms with Crippen LogP contribution in [-0.4, -0.2) is 50.0 Å². The smallest absolute Gasteiger partial charge is 0.340 e. The van der Waals surface area contributed by atoms with Gasteiger partial charge < -0.3 is 9.64 Å². The maximum absolute atomic E-state index is 12.6. The normalized spacial score (nSPS) is 14.4. The first-order valence-corrected chi connectivity index (χ1v) is 12.2. The van der Waals surface area contributed by atoms with Gasteiger partial charge in [-0.1, -0.05) is 0 Å². The quantitative estimate of drug-likeness (QED) is 0.597. The molecule has 1 aliphatic heterocycles. The third-order valence-corrected chi connectivity index (χ3v) is 6.56. The number of anilines is 1. The van der Waals surface area contributed by atoms with E-state index in [2.05, 4.69) is 20.8 Å². The van der Waals surface area contributed by atoms with E-state index in [4.69, 9.17) is 4.74 Å². The Morgan fingerprint density at radius 2 is 1.94 bits per heavy atom. The number of carbonyl (C=O) groups is 2. The molecular weight excluding hydrogens is 446 g/mol. The third kappa shape index (κ3) is 6.04. The van der Waals surface area contributed by atoms with Crippen LogP contribution < -0.4 is 9.62 Å². The van der Waals surface area contributed by atoms with Crippen LogP contribution >= 0.6 is 0 Å². The Balaban J connectivity index is 1.64. The zero-order valence-corrected chi connectivity index (χ0v) is 19.3. The van der Waals surface area contributed by atoms with E-state index in [0.717, 1.165) is 0 Å². The van der Waals surface area contributed by atoms with Crippen molar-refractivity contribution >= 4 is 27.7 Å². The van der Waals surface area contributed by atoms with E-state index in [-0.39, 0.29) is 23.5 Å². The van der Waals surface area contributed by atoms with Crippen LogP contribution in [0.3, 0.4) is 0 Å². The molecule has 2 aromatic heterocycles. The van der Waals surface area contributed by atoms with E-state index in [0.29, 0.717) is 43.0 Å². The highest BCUT2D eigenvalue weighted by molar-refractivity contribution is 7.89. The molecule has 2 aromatic rings.